The number of hydrogen-bond acceptors (Lipinski definition) is 6. The van der Waals surface area contributed by atoms with Gasteiger partial charge in [0.05, 0.1) is 5.69 Å². The minimum atomic E-state index is 0.0181. The first-order chi connectivity index (χ1) is 17.1. The van der Waals surface area contributed by atoms with E-state index in [2.05, 4.69) is 25.7 Å². The number of aromatic nitrogens is 7. The summed E-state index contributed by atoms with van der Waals surface area (Å²) in [5.74, 6) is 4.15. The maximum atomic E-state index is 13.3. The van der Waals surface area contributed by atoms with E-state index < -0.39 is 0 Å². The molecule has 180 valence electrons. The second-order valence-electron chi connectivity index (χ2n) is 11.1. The van der Waals surface area contributed by atoms with Gasteiger partial charge in [0, 0.05) is 37.1 Å². The number of imidazole rings is 1. The van der Waals surface area contributed by atoms with Crippen molar-refractivity contribution in [1.29, 1.82) is 0 Å². The van der Waals surface area contributed by atoms with Crippen molar-refractivity contribution in [2.75, 3.05) is 6.54 Å². The average molecular weight is 471 g/mol. The fourth-order valence-corrected chi connectivity index (χ4v) is 7.51. The summed E-state index contributed by atoms with van der Waals surface area (Å²) in [6, 6.07) is 3.71. The van der Waals surface area contributed by atoms with E-state index in [1.54, 1.807) is 17.2 Å². The van der Waals surface area contributed by atoms with Crippen LogP contribution in [0.25, 0.3) is 17.1 Å². The van der Waals surface area contributed by atoms with E-state index in [9.17, 15) is 4.79 Å². The zero-order valence-electron chi connectivity index (χ0n) is 19.8. The normalized spacial score (nSPS) is 28.6. The van der Waals surface area contributed by atoms with Gasteiger partial charge in [0.25, 0.3) is 5.91 Å². The molecule has 4 fully saturated rings. The summed E-state index contributed by atoms with van der Waals surface area (Å²) < 4.78 is 1.95. The molecular formula is C26H30N8O. The van der Waals surface area contributed by atoms with Crippen LogP contribution in [0.4, 0.5) is 0 Å². The molecule has 9 heteroatoms. The number of allylic oxidation sites excluding steroid dienone is 1. The Kier molecular flexibility index (Phi) is 4.85. The quantitative estimate of drug-likeness (QED) is 0.594. The molecule has 0 aromatic carbocycles. The molecule has 8 rings (SSSR count). The van der Waals surface area contributed by atoms with Gasteiger partial charge in [-0.05, 0) is 85.5 Å². The Morgan fingerprint density at radius 1 is 1.09 bits per heavy atom. The van der Waals surface area contributed by atoms with Gasteiger partial charge in [0.15, 0.2) is 0 Å². The molecule has 3 aromatic heterocycles. The summed E-state index contributed by atoms with van der Waals surface area (Å²) >= 11 is 0. The molecule has 5 aliphatic rings. The standard InChI is InChI=1S/C26H30N8O/c35-25(28-16-26-11-17-8-18(12-26)10-19(9-17)13-26)22-2-1-3-23-29-21(14-33(22)23)15-34-31-24(30-32-34)20-4-6-27-7-5-20/h2,4-7,14,17-19H,1,3,8-13,15-16H2,(H,28,35). The number of rotatable bonds is 6. The summed E-state index contributed by atoms with van der Waals surface area (Å²) in [5.41, 5.74) is 2.71. The van der Waals surface area contributed by atoms with Crippen molar-refractivity contribution in [2.24, 2.45) is 23.2 Å². The van der Waals surface area contributed by atoms with Gasteiger partial charge >= 0.3 is 0 Å². The number of nitrogens with one attached hydrogen (secondary N) is 1. The molecule has 9 nitrogen and oxygen atoms in total. The molecule has 0 spiro atoms. The summed E-state index contributed by atoms with van der Waals surface area (Å²) in [7, 11) is 0. The Morgan fingerprint density at radius 3 is 2.57 bits per heavy atom. The van der Waals surface area contributed by atoms with Crippen LogP contribution < -0.4 is 5.32 Å². The second kappa shape index (κ2) is 8.10. The van der Waals surface area contributed by atoms with E-state index >= 15 is 0 Å². The van der Waals surface area contributed by atoms with Crippen molar-refractivity contribution < 1.29 is 4.79 Å². The summed E-state index contributed by atoms with van der Waals surface area (Å²) in [5, 5.41) is 16.1. The van der Waals surface area contributed by atoms with Crippen LogP contribution in [0.3, 0.4) is 0 Å². The fourth-order valence-electron chi connectivity index (χ4n) is 7.51. The number of pyridine rings is 1. The van der Waals surface area contributed by atoms with Crippen LogP contribution in [-0.4, -0.2) is 47.2 Å². The largest absolute Gasteiger partial charge is 0.350 e. The van der Waals surface area contributed by atoms with E-state index in [0.717, 1.165) is 54.2 Å². The zero-order valence-corrected chi connectivity index (χ0v) is 19.8. The van der Waals surface area contributed by atoms with Crippen LogP contribution in [0, 0.1) is 23.2 Å². The fraction of sp³-hybridized carbons (Fsp3) is 0.538. The lowest BCUT2D eigenvalue weighted by Crippen LogP contribution is -2.51. The summed E-state index contributed by atoms with van der Waals surface area (Å²) in [6.07, 6.45) is 17.2. The highest BCUT2D eigenvalue weighted by Gasteiger charge is 2.50. The van der Waals surface area contributed by atoms with Gasteiger partial charge in [-0.15, -0.1) is 10.2 Å². The highest BCUT2D eigenvalue weighted by atomic mass is 16.2. The molecule has 0 unspecified atom stereocenters. The minimum absolute atomic E-state index is 0.0181. The third-order valence-corrected chi connectivity index (χ3v) is 8.51. The van der Waals surface area contributed by atoms with Gasteiger partial charge in [0.2, 0.25) is 5.82 Å². The first-order valence-electron chi connectivity index (χ1n) is 12.9. The lowest BCUT2D eigenvalue weighted by Gasteiger charge is -2.56. The molecular weight excluding hydrogens is 440 g/mol. The van der Waals surface area contributed by atoms with Crippen LogP contribution in [0.1, 0.15) is 56.5 Å². The van der Waals surface area contributed by atoms with Crippen LogP contribution in [-0.2, 0) is 17.8 Å². The molecule has 4 aliphatic carbocycles. The number of hydrogen-bond donors (Lipinski definition) is 1. The molecule has 4 saturated carbocycles. The molecule has 1 aliphatic heterocycles. The van der Waals surface area contributed by atoms with Gasteiger partial charge in [-0.25, -0.2) is 4.98 Å². The van der Waals surface area contributed by atoms with Gasteiger partial charge in [-0.1, -0.05) is 6.08 Å². The van der Waals surface area contributed by atoms with Gasteiger partial charge in [0.1, 0.15) is 18.1 Å². The number of amides is 1. The number of tetrazole rings is 1. The molecule has 0 radical (unpaired) electrons. The second-order valence-corrected chi connectivity index (χ2v) is 11.1. The van der Waals surface area contributed by atoms with Crippen LogP contribution in [0.15, 0.2) is 36.8 Å². The Morgan fingerprint density at radius 2 is 1.83 bits per heavy atom. The predicted octanol–water partition coefficient (Wildman–Crippen LogP) is 3.10. The number of aryl methyl sites for hydroxylation is 1. The van der Waals surface area contributed by atoms with Crippen LogP contribution in [0.2, 0.25) is 0 Å². The third kappa shape index (κ3) is 3.86. The number of fused-ring (bicyclic) bond motifs is 1. The van der Waals surface area contributed by atoms with Gasteiger partial charge in [-0.2, -0.15) is 4.80 Å². The molecule has 35 heavy (non-hydrogen) atoms. The maximum absolute atomic E-state index is 13.3. The highest BCUT2D eigenvalue weighted by Crippen LogP contribution is 2.59. The van der Waals surface area contributed by atoms with E-state index in [1.807, 2.05) is 29.0 Å². The van der Waals surface area contributed by atoms with E-state index in [-0.39, 0.29) is 5.91 Å². The molecule has 0 saturated heterocycles. The zero-order chi connectivity index (χ0) is 23.4. The number of nitrogens with zero attached hydrogens (tertiary/aromatic N) is 7. The minimum Gasteiger partial charge on any atom is -0.350 e. The van der Waals surface area contributed by atoms with Crippen molar-refractivity contribution >= 4 is 11.6 Å². The van der Waals surface area contributed by atoms with E-state index in [0.29, 0.717) is 23.5 Å². The van der Waals surface area contributed by atoms with Crippen molar-refractivity contribution in [3.8, 4) is 11.4 Å². The number of carbonyl (C=O) groups is 1. The SMILES string of the molecule is O=C(NCC12CC3CC(CC(C3)C1)C2)C1=CCCc2nc(Cn3nnc(-c4ccncc4)n3)cn21. The van der Waals surface area contributed by atoms with Gasteiger partial charge in [-0.3, -0.25) is 14.3 Å². The molecule has 3 aromatic rings. The lowest BCUT2D eigenvalue weighted by molar-refractivity contribution is -0.118. The van der Waals surface area contributed by atoms with E-state index in [1.165, 1.54) is 38.5 Å². The average Bonchev–Trinajstić information content (AvgIpc) is 3.49. The first kappa shape index (κ1) is 21.0. The van der Waals surface area contributed by atoms with Crippen molar-refractivity contribution in [3.63, 3.8) is 0 Å². The van der Waals surface area contributed by atoms with Crippen molar-refractivity contribution in [1.82, 2.24) is 40.1 Å². The lowest BCUT2D eigenvalue weighted by atomic mass is 9.49. The first-order valence-corrected chi connectivity index (χ1v) is 12.9. The third-order valence-electron chi connectivity index (χ3n) is 8.51. The molecule has 0 atom stereocenters. The monoisotopic (exact) mass is 470 g/mol. The Labute approximate surface area is 204 Å². The maximum Gasteiger partial charge on any atom is 0.267 e. The van der Waals surface area contributed by atoms with Crippen molar-refractivity contribution in [2.45, 2.75) is 57.9 Å². The molecule has 4 heterocycles. The molecule has 4 bridgehead atoms. The van der Waals surface area contributed by atoms with Crippen LogP contribution in [0.5, 0.6) is 0 Å². The Hall–Kier alpha value is -3.36. The van der Waals surface area contributed by atoms with Crippen molar-refractivity contribution in [3.05, 3.63) is 48.3 Å². The summed E-state index contributed by atoms with van der Waals surface area (Å²) in [6.45, 7) is 1.21. The van der Waals surface area contributed by atoms with Crippen LogP contribution >= 0.6 is 0 Å². The molecule has 1 N–H and O–H groups in total. The predicted molar refractivity (Wildman–Crippen MR) is 129 cm³/mol. The smallest absolute Gasteiger partial charge is 0.267 e. The Bertz CT molecular complexity index is 1250. The summed E-state index contributed by atoms with van der Waals surface area (Å²) in [4.78, 5) is 23.7. The van der Waals surface area contributed by atoms with E-state index in [4.69, 9.17) is 4.98 Å². The highest BCUT2D eigenvalue weighted by molar-refractivity contribution is 6.13. The Balaban J connectivity index is 1.04. The topological polar surface area (TPSA) is 103 Å². The molecule has 1 amide bonds. The number of carbonyl (C=O) groups excluding carboxylic acids is 1. The van der Waals surface area contributed by atoms with Gasteiger partial charge < -0.3 is 5.32 Å².